The van der Waals surface area contributed by atoms with E-state index in [0.29, 0.717) is 6.61 Å². The largest absolute Gasteiger partial charge is 0.393 e. The van der Waals surface area contributed by atoms with Gasteiger partial charge < -0.3 is 5.11 Å². The second-order valence-corrected chi connectivity index (χ2v) is 8.25. The molecule has 1 saturated carbocycles. The Morgan fingerprint density at radius 2 is 1.96 bits per heavy atom. The fourth-order valence-corrected chi connectivity index (χ4v) is 5.04. The SMILES string of the molecule is CCOO[C@]1(N)c2cc(Br)ccc2C[C@@]12C[C@@H](C)[C@H](O)[C@@H](C)C2. The number of aliphatic hydroxyl groups excluding tert-OH is 1. The van der Waals surface area contributed by atoms with Crippen LogP contribution in [0, 0.1) is 17.3 Å². The standard InChI is InChI=1S/C18H26BrNO3/c1-4-22-23-18(20)15-7-14(19)6-5-13(15)10-17(18)8-11(2)16(21)12(3)9-17/h5-7,11-12,16,21H,4,8-10,20H2,1-3H3/t11-,12+,16+,17+,18-/m1/s1. The zero-order valence-electron chi connectivity index (χ0n) is 14.0. The molecule has 3 N–H and O–H groups in total. The van der Waals surface area contributed by atoms with Crippen LogP contribution in [0.5, 0.6) is 0 Å². The molecule has 1 spiro atoms. The molecule has 0 heterocycles. The van der Waals surface area contributed by atoms with Gasteiger partial charge in [0, 0.05) is 15.5 Å². The highest BCUT2D eigenvalue weighted by molar-refractivity contribution is 9.10. The Bertz CT molecular complexity index is 582. The van der Waals surface area contributed by atoms with E-state index >= 15 is 0 Å². The summed E-state index contributed by atoms with van der Waals surface area (Å²) < 4.78 is 0.986. The maximum Gasteiger partial charge on any atom is 0.183 e. The van der Waals surface area contributed by atoms with Gasteiger partial charge in [0.1, 0.15) is 0 Å². The topological polar surface area (TPSA) is 64.7 Å². The van der Waals surface area contributed by atoms with Crippen molar-refractivity contribution in [3.63, 3.8) is 0 Å². The first-order valence-corrected chi connectivity index (χ1v) is 9.19. The summed E-state index contributed by atoms with van der Waals surface area (Å²) in [6.45, 7) is 6.54. The smallest absolute Gasteiger partial charge is 0.183 e. The van der Waals surface area contributed by atoms with Crippen LogP contribution in [0.1, 0.15) is 44.7 Å². The van der Waals surface area contributed by atoms with Gasteiger partial charge in [0.2, 0.25) is 0 Å². The Morgan fingerprint density at radius 3 is 2.57 bits per heavy atom. The van der Waals surface area contributed by atoms with Crippen molar-refractivity contribution < 1.29 is 14.9 Å². The molecular formula is C18H26BrNO3. The maximum atomic E-state index is 10.4. The number of aliphatic hydroxyl groups is 1. The van der Waals surface area contributed by atoms with Gasteiger partial charge in [-0.2, -0.15) is 0 Å². The normalized spacial score (nSPS) is 39.7. The highest BCUT2D eigenvalue weighted by Crippen LogP contribution is 2.59. The average Bonchev–Trinajstić information content (AvgIpc) is 2.72. The lowest BCUT2D eigenvalue weighted by Crippen LogP contribution is -2.57. The first-order chi connectivity index (χ1) is 10.8. The maximum absolute atomic E-state index is 10.4. The second-order valence-electron chi connectivity index (χ2n) is 7.34. The number of hydrogen-bond donors (Lipinski definition) is 2. The summed E-state index contributed by atoms with van der Waals surface area (Å²) in [6, 6.07) is 6.21. The minimum atomic E-state index is -0.981. The number of halogens is 1. The molecule has 4 nitrogen and oxygen atoms in total. The molecule has 1 aromatic rings. The molecule has 3 rings (SSSR count). The van der Waals surface area contributed by atoms with Crippen molar-refractivity contribution >= 4 is 15.9 Å². The van der Waals surface area contributed by atoms with Gasteiger partial charge >= 0.3 is 0 Å². The molecule has 0 saturated heterocycles. The van der Waals surface area contributed by atoms with E-state index in [9.17, 15) is 5.11 Å². The summed E-state index contributed by atoms with van der Waals surface area (Å²) in [5, 5.41) is 10.4. The molecule has 0 radical (unpaired) electrons. The lowest BCUT2D eigenvalue weighted by Gasteiger charge is -2.50. The van der Waals surface area contributed by atoms with Gasteiger partial charge in [-0.05, 0) is 55.7 Å². The molecule has 5 heteroatoms. The Morgan fingerprint density at radius 1 is 1.30 bits per heavy atom. The highest BCUT2D eigenvalue weighted by atomic mass is 79.9. The zero-order valence-corrected chi connectivity index (χ0v) is 15.6. The summed E-state index contributed by atoms with van der Waals surface area (Å²) in [7, 11) is 0. The number of fused-ring (bicyclic) bond motifs is 1. The van der Waals surface area contributed by atoms with Crippen LogP contribution in [0.3, 0.4) is 0 Å². The van der Waals surface area contributed by atoms with Crippen LogP contribution in [-0.2, 0) is 21.9 Å². The molecule has 0 unspecified atom stereocenters. The molecule has 0 aromatic heterocycles. The van der Waals surface area contributed by atoms with Crippen molar-refractivity contribution in [3.8, 4) is 0 Å². The molecule has 2 aliphatic rings. The van der Waals surface area contributed by atoms with E-state index in [4.69, 9.17) is 15.5 Å². The van der Waals surface area contributed by atoms with Gasteiger partial charge in [-0.3, -0.25) is 5.73 Å². The van der Waals surface area contributed by atoms with E-state index in [1.165, 1.54) is 5.56 Å². The third kappa shape index (κ3) is 2.67. The molecule has 1 fully saturated rings. The van der Waals surface area contributed by atoms with Gasteiger partial charge in [-0.15, -0.1) is 0 Å². The summed E-state index contributed by atoms with van der Waals surface area (Å²) in [5.74, 6) is 0.370. The zero-order chi connectivity index (χ0) is 16.8. The van der Waals surface area contributed by atoms with Gasteiger partial charge in [0.15, 0.2) is 5.72 Å². The van der Waals surface area contributed by atoms with E-state index in [-0.39, 0.29) is 23.4 Å². The number of nitrogens with two attached hydrogens (primary N) is 1. The van der Waals surface area contributed by atoms with Crippen molar-refractivity contribution in [1.82, 2.24) is 0 Å². The fourth-order valence-electron chi connectivity index (χ4n) is 4.68. The molecule has 23 heavy (non-hydrogen) atoms. The van der Waals surface area contributed by atoms with Crippen molar-refractivity contribution in [2.45, 2.75) is 51.9 Å². The van der Waals surface area contributed by atoms with E-state index < -0.39 is 5.72 Å². The fraction of sp³-hybridized carbons (Fsp3) is 0.667. The second kappa shape index (κ2) is 6.12. The quantitative estimate of drug-likeness (QED) is 0.476. The average molecular weight is 384 g/mol. The van der Waals surface area contributed by atoms with Crippen molar-refractivity contribution in [2.75, 3.05) is 6.61 Å². The van der Waals surface area contributed by atoms with Crippen molar-refractivity contribution in [3.05, 3.63) is 33.8 Å². The van der Waals surface area contributed by atoms with Gasteiger partial charge in [0.25, 0.3) is 0 Å². The van der Waals surface area contributed by atoms with Crippen LogP contribution in [0.4, 0.5) is 0 Å². The van der Waals surface area contributed by atoms with Crippen LogP contribution in [0.2, 0.25) is 0 Å². The van der Waals surface area contributed by atoms with Crippen molar-refractivity contribution in [1.29, 1.82) is 0 Å². The molecule has 2 aliphatic carbocycles. The van der Waals surface area contributed by atoms with Crippen LogP contribution in [0.15, 0.2) is 22.7 Å². The first-order valence-electron chi connectivity index (χ1n) is 8.39. The molecule has 0 aliphatic heterocycles. The van der Waals surface area contributed by atoms with E-state index in [2.05, 4.69) is 35.8 Å². The van der Waals surface area contributed by atoms with E-state index in [1.807, 2.05) is 19.1 Å². The minimum Gasteiger partial charge on any atom is -0.393 e. The molecule has 1 aromatic carbocycles. The number of hydrogen-bond acceptors (Lipinski definition) is 4. The van der Waals surface area contributed by atoms with Gasteiger partial charge in [0.05, 0.1) is 12.7 Å². The first kappa shape index (κ1) is 17.4. The third-order valence-electron chi connectivity index (χ3n) is 5.69. The lowest BCUT2D eigenvalue weighted by molar-refractivity contribution is -0.393. The Kier molecular flexibility index (Phi) is 4.62. The Balaban J connectivity index is 2.06. The summed E-state index contributed by atoms with van der Waals surface area (Å²) >= 11 is 3.54. The van der Waals surface area contributed by atoms with Gasteiger partial charge in [-0.25, -0.2) is 9.78 Å². The Hall–Kier alpha value is -0.460. The van der Waals surface area contributed by atoms with Crippen LogP contribution < -0.4 is 5.73 Å². The molecule has 128 valence electrons. The summed E-state index contributed by atoms with van der Waals surface area (Å²) in [6.07, 6.45) is 2.23. The minimum absolute atomic E-state index is 0.185. The van der Waals surface area contributed by atoms with Crippen LogP contribution in [-0.4, -0.2) is 17.8 Å². The monoisotopic (exact) mass is 383 g/mol. The molecule has 0 amide bonds. The van der Waals surface area contributed by atoms with Gasteiger partial charge in [-0.1, -0.05) is 35.8 Å². The molecule has 0 bridgehead atoms. The van der Waals surface area contributed by atoms with E-state index in [0.717, 1.165) is 29.3 Å². The summed E-state index contributed by atoms with van der Waals surface area (Å²) in [5.41, 5.74) is 7.84. The summed E-state index contributed by atoms with van der Waals surface area (Å²) in [4.78, 5) is 11.2. The van der Waals surface area contributed by atoms with Crippen LogP contribution in [0.25, 0.3) is 0 Å². The third-order valence-corrected chi connectivity index (χ3v) is 6.18. The lowest BCUT2D eigenvalue weighted by atomic mass is 9.60. The number of benzene rings is 1. The Labute approximate surface area is 146 Å². The van der Waals surface area contributed by atoms with Crippen LogP contribution >= 0.6 is 15.9 Å². The predicted octanol–water partition coefficient (Wildman–Crippen LogP) is 3.50. The predicted molar refractivity (Wildman–Crippen MR) is 92.4 cm³/mol. The number of rotatable bonds is 3. The molecule has 5 atom stereocenters. The van der Waals surface area contributed by atoms with Crippen molar-refractivity contribution in [2.24, 2.45) is 23.0 Å². The molecular weight excluding hydrogens is 358 g/mol. The van der Waals surface area contributed by atoms with E-state index in [1.54, 1.807) is 0 Å². The highest BCUT2D eigenvalue weighted by Gasteiger charge is 2.61.